The summed E-state index contributed by atoms with van der Waals surface area (Å²) in [4.78, 5) is 2.54. The molecule has 27 heavy (non-hydrogen) atoms. The lowest BCUT2D eigenvalue weighted by Crippen LogP contribution is -2.39. The Balaban J connectivity index is 2.47. The summed E-state index contributed by atoms with van der Waals surface area (Å²) in [6.45, 7) is 8.98. The minimum atomic E-state index is -0.397. The van der Waals surface area contributed by atoms with Crippen LogP contribution in [0.4, 0.5) is 0 Å². The lowest BCUT2D eigenvalue weighted by Gasteiger charge is -2.33. The van der Waals surface area contributed by atoms with E-state index in [0.29, 0.717) is 0 Å². The lowest BCUT2D eigenvalue weighted by atomic mass is 10.0. The van der Waals surface area contributed by atoms with Gasteiger partial charge in [-0.25, -0.2) is 0 Å². The molecular formula is C25H45NO. The van der Waals surface area contributed by atoms with E-state index in [-0.39, 0.29) is 6.04 Å². The highest BCUT2D eigenvalue weighted by molar-refractivity contribution is 5.18. The molecule has 0 radical (unpaired) electrons. The van der Waals surface area contributed by atoms with Crippen molar-refractivity contribution in [1.29, 1.82) is 0 Å². The number of aliphatic hydroxyl groups excluding tert-OH is 1. The summed E-state index contributed by atoms with van der Waals surface area (Å²) >= 11 is 0. The van der Waals surface area contributed by atoms with Gasteiger partial charge in [-0.3, -0.25) is 4.90 Å². The van der Waals surface area contributed by atoms with Gasteiger partial charge in [0.05, 0.1) is 6.10 Å². The molecule has 2 atom stereocenters. The Kier molecular flexibility index (Phi) is 14.4. The van der Waals surface area contributed by atoms with E-state index in [1.165, 1.54) is 77.0 Å². The average Bonchev–Trinajstić information content (AvgIpc) is 2.71. The van der Waals surface area contributed by atoms with Crippen LogP contribution in [0.3, 0.4) is 0 Å². The van der Waals surface area contributed by atoms with Crippen molar-refractivity contribution in [2.45, 2.75) is 110 Å². The van der Waals surface area contributed by atoms with Crippen molar-refractivity contribution in [3.05, 3.63) is 35.9 Å². The first-order valence-electron chi connectivity index (χ1n) is 11.7. The normalized spacial score (nSPS) is 13.8. The van der Waals surface area contributed by atoms with Gasteiger partial charge in [-0.15, -0.1) is 0 Å². The third kappa shape index (κ3) is 10.9. The topological polar surface area (TPSA) is 23.5 Å². The van der Waals surface area contributed by atoms with Gasteiger partial charge in [0, 0.05) is 6.04 Å². The Morgan fingerprint density at radius 1 is 0.704 bits per heavy atom. The zero-order valence-electron chi connectivity index (χ0n) is 18.3. The number of rotatable bonds is 17. The second-order valence-electron chi connectivity index (χ2n) is 8.17. The fraction of sp³-hybridized carbons (Fsp3) is 0.760. The van der Waals surface area contributed by atoms with Gasteiger partial charge >= 0.3 is 0 Å². The lowest BCUT2D eigenvalue weighted by molar-refractivity contribution is 0.0554. The Morgan fingerprint density at radius 3 is 1.63 bits per heavy atom. The maximum atomic E-state index is 10.9. The van der Waals surface area contributed by atoms with Crippen molar-refractivity contribution < 1.29 is 5.11 Å². The molecule has 1 N–H and O–H groups in total. The van der Waals surface area contributed by atoms with Crippen LogP contribution in [0.1, 0.15) is 109 Å². The standard InChI is InChI=1S/C25H45NO/c1-4-6-8-10-12-17-21-26(22-18-13-11-9-7-5-2)23(3)25(27)24-19-15-14-16-20-24/h14-16,19-20,23,25,27H,4-13,17-18,21-22H2,1-3H3/t23-,25-/m1/s1. The quantitative estimate of drug-likeness (QED) is 0.293. The van der Waals surface area contributed by atoms with Gasteiger partial charge in [0.2, 0.25) is 0 Å². The first-order valence-corrected chi connectivity index (χ1v) is 11.7. The first kappa shape index (κ1) is 24.2. The number of hydrogen-bond acceptors (Lipinski definition) is 2. The van der Waals surface area contributed by atoms with E-state index in [0.717, 1.165) is 18.7 Å². The summed E-state index contributed by atoms with van der Waals surface area (Å²) in [6.07, 6.45) is 15.6. The Hall–Kier alpha value is -0.860. The molecule has 0 aliphatic rings. The third-order valence-electron chi connectivity index (χ3n) is 5.77. The summed E-state index contributed by atoms with van der Waals surface area (Å²) in [5, 5.41) is 10.9. The molecule has 1 aromatic carbocycles. The molecule has 0 aromatic heterocycles. The van der Waals surface area contributed by atoms with Crippen LogP contribution in [0.5, 0.6) is 0 Å². The summed E-state index contributed by atoms with van der Waals surface area (Å²) in [5.41, 5.74) is 1.04. The molecule has 0 saturated heterocycles. The van der Waals surface area contributed by atoms with Gasteiger partial charge in [-0.1, -0.05) is 108 Å². The minimum absolute atomic E-state index is 0.179. The fourth-order valence-electron chi connectivity index (χ4n) is 3.84. The zero-order valence-corrected chi connectivity index (χ0v) is 18.3. The van der Waals surface area contributed by atoms with Crippen LogP contribution < -0.4 is 0 Å². The SMILES string of the molecule is CCCCCCCCN(CCCCCCCC)[C@H](C)[C@@H](O)c1ccccc1. The molecule has 0 bridgehead atoms. The predicted molar refractivity (Wildman–Crippen MR) is 119 cm³/mol. The predicted octanol–water partition coefficient (Wildman–Crippen LogP) is 7.13. The minimum Gasteiger partial charge on any atom is -0.387 e. The largest absolute Gasteiger partial charge is 0.387 e. The number of hydrogen-bond donors (Lipinski definition) is 1. The van der Waals surface area contributed by atoms with Gasteiger partial charge in [0.15, 0.2) is 0 Å². The molecule has 1 aromatic rings. The van der Waals surface area contributed by atoms with Crippen LogP contribution in [0.15, 0.2) is 30.3 Å². The van der Waals surface area contributed by atoms with E-state index in [9.17, 15) is 5.11 Å². The van der Waals surface area contributed by atoms with Gasteiger partial charge < -0.3 is 5.11 Å². The molecule has 0 amide bonds. The highest BCUT2D eigenvalue weighted by Crippen LogP contribution is 2.22. The van der Waals surface area contributed by atoms with Crippen LogP contribution in [-0.4, -0.2) is 29.1 Å². The highest BCUT2D eigenvalue weighted by atomic mass is 16.3. The van der Waals surface area contributed by atoms with Crippen molar-refractivity contribution in [1.82, 2.24) is 4.90 Å². The van der Waals surface area contributed by atoms with Gasteiger partial charge in [0.1, 0.15) is 0 Å². The van der Waals surface area contributed by atoms with Gasteiger partial charge in [-0.05, 0) is 38.4 Å². The molecule has 0 fully saturated rings. The van der Waals surface area contributed by atoms with Gasteiger partial charge in [0.25, 0.3) is 0 Å². The molecular weight excluding hydrogens is 330 g/mol. The Morgan fingerprint density at radius 2 is 1.15 bits per heavy atom. The Bertz CT molecular complexity index is 417. The number of unbranched alkanes of at least 4 members (excludes halogenated alkanes) is 10. The third-order valence-corrected chi connectivity index (χ3v) is 5.77. The molecule has 0 aliphatic heterocycles. The number of aliphatic hydroxyl groups is 1. The zero-order chi connectivity index (χ0) is 19.7. The molecule has 0 heterocycles. The molecule has 156 valence electrons. The molecule has 2 nitrogen and oxygen atoms in total. The molecule has 0 spiro atoms. The Labute approximate surface area is 169 Å². The van der Waals surface area contributed by atoms with E-state index in [2.05, 4.69) is 37.8 Å². The fourth-order valence-corrected chi connectivity index (χ4v) is 3.84. The second kappa shape index (κ2) is 16.1. The molecule has 0 aliphatic carbocycles. The van der Waals surface area contributed by atoms with E-state index in [1.807, 2.05) is 18.2 Å². The molecule has 1 rings (SSSR count). The highest BCUT2D eigenvalue weighted by Gasteiger charge is 2.22. The second-order valence-corrected chi connectivity index (χ2v) is 8.17. The van der Waals surface area contributed by atoms with Crippen molar-refractivity contribution >= 4 is 0 Å². The summed E-state index contributed by atoms with van der Waals surface area (Å²) in [6, 6.07) is 10.3. The van der Waals surface area contributed by atoms with Crippen LogP contribution in [0.2, 0.25) is 0 Å². The van der Waals surface area contributed by atoms with Crippen LogP contribution in [0.25, 0.3) is 0 Å². The first-order chi connectivity index (χ1) is 13.2. The van der Waals surface area contributed by atoms with E-state index >= 15 is 0 Å². The van der Waals surface area contributed by atoms with Crippen LogP contribution in [-0.2, 0) is 0 Å². The smallest absolute Gasteiger partial charge is 0.0942 e. The van der Waals surface area contributed by atoms with Crippen molar-refractivity contribution in [2.75, 3.05) is 13.1 Å². The number of nitrogens with zero attached hydrogens (tertiary/aromatic N) is 1. The number of benzene rings is 1. The summed E-state index contributed by atoms with van der Waals surface area (Å²) < 4.78 is 0. The van der Waals surface area contributed by atoms with Crippen molar-refractivity contribution in [2.24, 2.45) is 0 Å². The molecule has 2 heteroatoms. The monoisotopic (exact) mass is 375 g/mol. The molecule has 0 saturated carbocycles. The summed E-state index contributed by atoms with van der Waals surface area (Å²) in [5.74, 6) is 0. The summed E-state index contributed by atoms with van der Waals surface area (Å²) in [7, 11) is 0. The molecule has 0 unspecified atom stereocenters. The van der Waals surface area contributed by atoms with E-state index < -0.39 is 6.10 Å². The maximum Gasteiger partial charge on any atom is 0.0942 e. The van der Waals surface area contributed by atoms with E-state index in [1.54, 1.807) is 0 Å². The van der Waals surface area contributed by atoms with Crippen molar-refractivity contribution in [3.8, 4) is 0 Å². The average molecular weight is 376 g/mol. The van der Waals surface area contributed by atoms with Gasteiger partial charge in [-0.2, -0.15) is 0 Å². The van der Waals surface area contributed by atoms with Crippen LogP contribution >= 0.6 is 0 Å². The van der Waals surface area contributed by atoms with Crippen molar-refractivity contribution in [3.63, 3.8) is 0 Å². The van der Waals surface area contributed by atoms with E-state index in [4.69, 9.17) is 0 Å². The van der Waals surface area contributed by atoms with Crippen LogP contribution in [0, 0.1) is 0 Å². The maximum absolute atomic E-state index is 10.9.